The van der Waals surface area contributed by atoms with Gasteiger partial charge in [0.1, 0.15) is 6.29 Å². The molecule has 35 heavy (non-hydrogen) atoms. The number of carboxylic acids is 1. The number of aliphatic hydroxyl groups is 2. The van der Waals surface area contributed by atoms with Crippen molar-refractivity contribution in [2.24, 2.45) is 50.2 Å². The lowest BCUT2D eigenvalue weighted by Crippen LogP contribution is -2.66. The van der Waals surface area contributed by atoms with Crippen molar-refractivity contribution >= 4 is 12.3 Å². The van der Waals surface area contributed by atoms with Crippen molar-refractivity contribution in [1.29, 1.82) is 0 Å². The number of hydrogen-bond donors (Lipinski definition) is 3. The van der Waals surface area contributed by atoms with E-state index in [4.69, 9.17) is 0 Å². The molecule has 4 fully saturated rings. The van der Waals surface area contributed by atoms with Gasteiger partial charge in [-0.05, 0) is 97.2 Å². The summed E-state index contributed by atoms with van der Waals surface area (Å²) in [6, 6.07) is 0. The van der Waals surface area contributed by atoms with Gasteiger partial charge in [0.15, 0.2) is 0 Å². The molecule has 0 aromatic carbocycles. The lowest BCUT2D eigenvalue weighted by molar-refractivity contribution is -0.207. The number of carbonyl (C=O) groups is 2. The van der Waals surface area contributed by atoms with E-state index < -0.39 is 29.0 Å². The molecular weight excluding hydrogens is 440 g/mol. The molecule has 5 rings (SSSR count). The summed E-state index contributed by atoms with van der Waals surface area (Å²) in [5.41, 5.74) is -0.672. The number of fused-ring (bicyclic) bond motifs is 7. The molecule has 0 spiro atoms. The summed E-state index contributed by atoms with van der Waals surface area (Å²) < 4.78 is 0. The zero-order valence-corrected chi connectivity index (χ0v) is 22.6. The molecule has 0 saturated heterocycles. The second kappa shape index (κ2) is 7.43. The molecule has 10 atom stereocenters. The summed E-state index contributed by atoms with van der Waals surface area (Å²) in [5.74, 6) is -0.230. The van der Waals surface area contributed by atoms with Crippen LogP contribution in [-0.2, 0) is 9.59 Å². The highest BCUT2D eigenvalue weighted by molar-refractivity contribution is 5.77. The maximum absolute atomic E-state index is 12.8. The predicted molar refractivity (Wildman–Crippen MR) is 134 cm³/mol. The van der Waals surface area contributed by atoms with Crippen molar-refractivity contribution in [1.82, 2.24) is 0 Å². The number of rotatable bonds is 2. The zero-order chi connectivity index (χ0) is 25.8. The van der Waals surface area contributed by atoms with Crippen LogP contribution in [0.2, 0.25) is 0 Å². The lowest BCUT2D eigenvalue weighted by atomic mass is 9.33. The Hall–Kier alpha value is -1.20. The van der Waals surface area contributed by atoms with Gasteiger partial charge < -0.3 is 20.1 Å². The van der Waals surface area contributed by atoms with Gasteiger partial charge in [-0.25, -0.2) is 0 Å². The van der Waals surface area contributed by atoms with Gasteiger partial charge in [0.25, 0.3) is 0 Å². The van der Waals surface area contributed by atoms with Crippen molar-refractivity contribution in [2.75, 3.05) is 0 Å². The number of carboxylic acid groups (broad SMARTS) is 1. The van der Waals surface area contributed by atoms with Gasteiger partial charge in [0.2, 0.25) is 0 Å². The summed E-state index contributed by atoms with van der Waals surface area (Å²) in [6.07, 6.45) is 9.18. The Kier molecular flexibility index (Phi) is 5.40. The number of aldehydes is 1. The first-order valence-corrected chi connectivity index (χ1v) is 13.9. The Balaban J connectivity index is 1.61. The van der Waals surface area contributed by atoms with Gasteiger partial charge in [-0.3, -0.25) is 4.79 Å². The van der Waals surface area contributed by atoms with Gasteiger partial charge in [-0.15, -0.1) is 0 Å². The Bertz CT molecular complexity index is 970. The zero-order valence-electron chi connectivity index (χ0n) is 22.6. The summed E-state index contributed by atoms with van der Waals surface area (Å²) in [7, 11) is 0. The van der Waals surface area contributed by atoms with Crippen LogP contribution < -0.4 is 0 Å². The highest BCUT2D eigenvalue weighted by Crippen LogP contribution is 2.75. The molecule has 0 bridgehead atoms. The largest absolute Gasteiger partial charge is 0.481 e. The topological polar surface area (TPSA) is 94.8 Å². The maximum atomic E-state index is 12.8. The Morgan fingerprint density at radius 1 is 0.914 bits per heavy atom. The Morgan fingerprint density at radius 3 is 2.23 bits per heavy atom. The van der Waals surface area contributed by atoms with Crippen LogP contribution in [0.5, 0.6) is 0 Å². The van der Waals surface area contributed by atoms with Gasteiger partial charge in [0, 0.05) is 0 Å². The van der Waals surface area contributed by atoms with Crippen LogP contribution in [0.3, 0.4) is 0 Å². The predicted octanol–water partition coefficient (Wildman–Crippen LogP) is 5.38. The number of aliphatic carboxylic acids is 1. The molecule has 196 valence electrons. The van der Waals surface area contributed by atoms with Gasteiger partial charge >= 0.3 is 5.97 Å². The fraction of sp³-hybridized carbons (Fsp3) is 0.867. The molecule has 5 heteroatoms. The Labute approximate surface area is 210 Å². The molecule has 5 aliphatic rings. The molecule has 0 aliphatic heterocycles. The molecule has 5 nitrogen and oxygen atoms in total. The molecule has 3 N–H and O–H groups in total. The van der Waals surface area contributed by atoms with Crippen molar-refractivity contribution in [3.8, 4) is 0 Å². The number of allylic oxidation sites excluding steroid dienone is 2. The number of hydrogen-bond acceptors (Lipinski definition) is 4. The van der Waals surface area contributed by atoms with Gasteiger partial charge in [-0.2, -0.15) is 0 Å². The molecule has 4 saturated carbocycles. The third-order valence-corrected chi connectivity index (χ3v) is 13.2. The SMILES string of the molecule is CC1(C)C[C@@H]2C3=CC[C@@H]4[C@@]5(C)CC[C@H](O)[C@@](C)(C=O)C5CC[C@@]4(C)[C@]3(C)CC[C@@]2(C(=O)O)C[C@@H]1O. The number of aliphatic hydroxyl groups excluding tert-OH is 2. The molecule has 0 aromatic heterocycles. The molecule has 0 radical (unpaired) electrons. The second-order valence-corrected chi connectivity index (χ2v) is 14.8. The van der Waals surface area contributed by atoms with E-state index in [9.17, 15) is 24.9 Å². The van der Waals surface area contributed by atoms with Crippen molar-refractivity contribution in [3.05, 3.63) is 11.6 Å². The average molecular weight is 487 g/mol. The summed E-state index contributed by atoms with van der Waals surface area (Å²) >= 11 is 0. The van der Waals surface area contributed by atoms with E-state index in [2.05, 4.69) is 40.7 Å². The molecule has 0 aromatic rings. The molecular formula is C30H46O5. The number of carbonyl (C=O) groups excluding carboxylic acids is 1. The fourth-order valence-corrected chi connectivity index (χ4v) is 10.5. The smallest absolute Gasteiger partial charge is 0.310 e. The highest BCUT2D eigenvalue weighted by Gasteiger charge is 2.70. The third-order valence-electron chi connectivity index (χ3n) is 13.2. The van der Waals surface area contributed by atoms with Gasteiger partial charge in [-0.1, -0.05) is 53.2 Å². The highest BCUT2D eigenvalue weighted by atomic mass is 16.4. The fourth-order valence-electron chi connectivity index (χ4n) is 10.5. The van der Waals surface area contributed by atoms with E-state index in [1.54, 1.807) is 0 Å². The van der Waals surface area contributed by atoms with Crippen LogP contribution in [0.1, 0.15) is 99.3 Å². The van der Waals surface area contributed by atoms with Crippen molar-refractivity contribution in [3.63, 3.8) is 0 Å². The first-order valence-electron chi connectivity index (χ1n) is 13.9. The third kappa shape index (κ3) is 2.94. The minimum Gasteiger partial charge on any atom is -0.481 e. The Morgan fingerprint density at radius 2 is 1.60 bits per heavy atom. The van der Waals surface area contributed by atoms with Gasteiger partial charge in [0.05, 0.1) is 23.0 Å². The quantitative estimate of drug-likeness (QED) is 0.360. The molecule has 0 amide bonds. The lowest BCUT2D eigenvalue weighted by Gasteiger charge is -2.71. The van der Waals surface area contributed by atoms with Crippen LogP contribution >= 0.6 is 0 Å². The summed E-state index contributed by atoms with van der Waals surface area (Å²) in [4.78, 5) is 25.1. The van der Waals surface area contributed by atoms with E-state index in [-0.39, 0.29) is 33.5 Å². The first kappa shape index (κ1) is 25.4. The van der Waals surface area contributed by atoms with Crippen molar-refractivity contribution in [2.45, 2.75) is 112 Å². The normalized spacial score (nSPS) is 54.9. The van der Waals surface area contributed by atoms with Crippen LogP contribution in [0.25, 0.3) is 0 Å². The first-order chi connectivity index (χ1) is 16.1. The van der Waals surface area contributed by atoms with E-state index in [0.717, 1.165) is 38.4 Å². The summed E-state index contributed by atoms with van der Waals surface area (Å²) in [6.45, 7) is 13.4. The van der Waals surface area contributed by atoms with E-state index in [1.807, 2.05) is 6.92 Å². The summed E-state index contributed by atoms with van der Waals surface area (Å²) in [5, 5.41) is 32.2. The molecule has 5 aliphatic carbocycles. The standard InChI is InChI=1S/C30H46O5/c1-25(2)15-19-18-7-8-21-26(3)11-10-22(32)27(4,17-31)20(26)9-12-29(21,6)28(18,5)13-14-30(19,24(34)35)16-23(25)33/h7,17,19-23,32-33H,8-16H2,1-6H3,(H,34,35)/t19-,20?,21-,22+,23+,26+,27+,28-,29-,30-/m1/s1. The van der Waals surface area contributed by atoms with Crippen molar-refractivity contribution < 1.29 is 24.9 Å². The minimum absolute atomic E-state index is 0.0132. The van der Waals surface area contributed by atoms with E-state index in [0.29, 0.717) is 31.6 Å². The van der Waals surface area contributed by atoms with Crippen LogP contribution in [0.15, 0.2) is 11.6 Å². The molecule has 1 unspecified atom stereocenters. The van der Waals surface area contributed by atoms with E-state index in [1.165, 1.54) is 5.57 Å². The van der Waals surface area contributed by atoms with E-state index >= 15 is 0 Å². The second-order valence-electron chi connectivity index (χ2n) is 14.8. The van der Waals surface area contributed by atoms with Crippen LogP contribution in [0, 0.1) is 50.2 Å². The monoisotopic (exact) mass is 486 g/mol. The average Bonchev–Trinajstić information content (AvgIpc) is 2.78. The van der Waals surface area contributed by atoms with Crippen LogP contribution in [0.4, 0.5) is 0 Å². The maximum Gasteiger partial charge on any atom is 0.310 e. The molecule has 0 heterocycles. The van der Waals surface area contributed by atoms with Crippen LogP contribution in [-0.4, -0.2) is 39.8 Å². The minimum atomic E-state index is -0.879.